The van der Waals surface area contributed by atoms with Crippen LogP contribution in [0.15, 0.2) is 0 Å². The molecule has 0 aliphatic rings. The third-order valence-corrected chi connectivity index (χ3v) is 8.26. The number of ether oxygens (including phenoxy) is 1. The Balaban J connectivity index is 3.61. The normalized spacial score (nSPS) is 13.9. The molecule has 2 unspecified atom stereocenters. The van der Waals surface area contributed by atoms with Crippen LogP contribution in [0.1, 0.15) is 96.8 Å². The Morgan fingerprint density at radius 2 is 1.24 bits per heavy atom. The van der Waals surface area contributed by atoms with Gasteiger partial charge in [0.1, 0.15) is 13.2 Å². The Bertz CT molecular complexity index is 413. The number of quaternary nitrogens is 1. The van der Waals surface area contributed by atoms with Crippen LogP contribution in [0.4, 0.5) is 0 Å². The average Bonchev–Trinajstić information content (AvgIpc) is 2.80. The van der Waals surface area contributed by atoms with Gasteiger partial charge in [-0.3, -0.25) is 0 Å². The summed E-state index contributed by atoms with van der Waals surface area (Å²) in [6.07, 6.45) is 19.8. The van der Waals surface area contributed by atoms with Crippen molar-refractivity contribution in [1.82, 2.24) is 0 Å². The number of hydrogen-bond donors (Lipinski definition) is 0. The van der Waals surface area contributed by atoms with Crippen LogP contribution in [-0.2, 0) is 18.3 Å². The molecule has 0 aliphatic carbocycles. The van der Waals surface area contributed by atoms with Gasteiger partial charge in [-0.15, -0.1) is 0 Å². The van der Waals surface area contributed by atoms with Crippen molar-refractivity contribution in [3.63, 3.8) is 0 Å². The van der Waals surface area contributed by atoms with Gasteiger partial charge in [0.2, 0.25) is 0 Å². The average molecular weight is 525 g/mol. The fraction of sp³-hybridized carbons (Fsp3) is 1.00. The van der Waals surface area contributed by atoms with Crippen LogP contribution in [0.5, 0.6) is 0 Å². The lowest BCUT2D eigenvalue weighted by Gasteiger charge is -2.25. The molecular weight excluding hydrogens is 465 g/mol. The lowest BCUT2D eigenvalue weighted by Crippen LogP contribution is -2.37. The highest BCUT2D eigenvalue weighted by molar-refractivity contribution is 7.99. The van der Waals surface area contributed by atoms with Crippen molar-refractivity contribution in [2.75, 3.05) is 73.2 Å². The first kappa shape index (κ1) is 34.6. The highest BCUT2D eigenvalue weighted by Crippen LogP contribution is 2.39. The van der Waals surface area contributed by atoms with E-state index >= 15 is 0 Å². The largest absolute Gasteiger partial charge is 0.384 e. The van der Waals surface area contributed by atoms with Crippen LogP contribution in [0, 0.1) is 5.92 Å². The fourth-order valence-corrected chi connectivity index (χ4v) is 5.68. The molecule has 2 atom stereocenters. The second-order valence-corrected chi connectivity index (χ2v) is 13.0. The minimum Gasteiger partial charge on any atom is -0.384 e. The molecule has 0 aliphatic heterocycles. The molecule has 0 radical (unpaired) electrons. The summed E-state index contributed by atoms with van der Waals surface area (Å²) in [4.78, 5) is 0. The Hall–Kier alpha value is 0.580. The van der Waals surface area contributed by atoms with E-state index < -0.39 is 8.60 Å². The molecule has 0 amide bonds. The molecule has 7 heteroatoms. The molecule has 0 rings (SSSR count). The van der Waals surface area contributed by atoms with Crippen molar-refractivity contribution >= 4 is 20.4 Å². The topological polar surface area (TPSA) is 36.9 Å². The highest BCUT2D eigenvalue weighted by atomic mass is 32.2. The molecule has 34 heavy (non-hydrogen) atoms. The molecule has 0 aromatic rings. The minimum absolute atomic E-state index is 0.379. The lowest BCUT2D eigenvalue weighted by atomic mass is 10.0. The summed E-state index contributed by atoms with van der Waals surface area (Å²) in [5.74, 6) is 2.68. The van der Waals surface area contributed by atoms with Gasteiger partial charge in [0.25, 0.3) is 0 Å². The van der Waals surface area contributed by atoms with Gasteiger partial charge in [-0.25, -0.2) is 0 Å². The van der Waals surface area contributed by atoms with Crippen LogP contribution in [0.25, 0.3) is 0 Å². The van der Waals surface area contributed by atoms with Gasteiger partial charge in [0.15, 0.2) is 0 Å². The minimum atomic E-state index is -1.27. The smallest absolute Gasteiger partial charge is 0.332 e. The van der Waals surface area contributed by atoms with E-state index in [1.54, 1.807) is 14.2 Å². The molecule has 206 valence electrons. The molecule has 0 bridgehead atoms. The predicted molar refractivity (Wildman–Crippen MR) is 152 cm³/mol. The van der Waals surface area contributed by atoms with Crippen LogP contribution in [-0.4, -0.2) is 77.7 Å². The number of rotatable bonds is 27. The predicted octanol–water partition coefficient (Wildman–Crippen LogP) is 8.08. The van der Waals surface area contributed by atoms with Gasteiger partial charge < -0.3 is 22.8 Å². The van der Waals surface area contributed by atoms with Crippen molar-refractivity contribution in [3.8, 4) is 0 Å². The van der Waals surface area contributed by atoms with Crippen molar-refractivity contribution in [3.05, 3.63) is 0 Å². The first-order chi connectivity index (χ1) is 16.4. The van der Waals surface area contributed by atoms with E-state index in [-0.39, 0.29) is 0 Å². The SMILES string of the molecule is CCCCCCCCCCCCCCCCSCC(COC)COP(OC)OCC[N+](C)(C)C. The van der Waals surface area contributed by atoms with E-state index in [4.69, 9.17) is 18.3 Å². The van der Waals surface area contributed by atoms with Crippen molar-refractivity contribution in [1.29, 1.82) is 0 Å². The van der Waals surface area contributed by atoms with E-state index in [0.717, 1.165) is 23.4 Å². The van der Waals surface area contributed by atoms with Crippen LogP contribution >= 0.6 is 20.4 Å². The van der Waals surface area contributed by atoms with Crippen LogP contribution in [0.3, 0.4) is 0 Å². The molecule has 5 nitrogen and oxygen atoms in total. The van der Waals surface area contributed by atoms with Crippen LogP contribution in [0.2, 0.25) is 0 Å². The molecule has 0 aromatic carbocycles. The summed E-state index contributed by atoms with van der Waals surface area (Å²) in [7, 11) is 8.62. The van der Waals surface area contributed by atoms with Crippen LogP contribution < -0.4 is 0 Å². The molecule has 0 saturated carbocycles. The maximum Gasteiger partial charge on any atom is 0.332 e. The number of hydrogen-bond acceptors (Lipinski definition) is 5. The summed E-state index contributed by atoms with van der Waals surface area (Å²) in [6, 6.07) is 0. The van der Waals surface area contributed by atoms with E-state index in [0.29, 0.717) is 19.1 Å². The number of thioether (sulfide) groups is 1. The second-order valence-electron chi connectivity index (χ2n) is 10.5. The zero-order chi connectivity index (χ0) is 25.3. The van der Waals surface area contributed by atoms with Crippen molar-refractivity contribution in [2.24, 2.45) is 5.92 Å². The molecule has 0 aromatic heterocycles. The Morgan fingerprint density at radius 3 is 1.71 bits per heavy atom. The van der Waals surface area contributed by atoms with Crippen molar-refractivity contribution in [2.45, 2.75) is 96.8 Å². The number of nitrogens with zero attached hydrogens (tertiary/aromatic N) is 1. The first-order valence-electron chi connectivity index (χ1n) is 13.9. The van der Waals surface area contributed by atoms with Gasteiger partial charge in [0, 0.05) is 25.9 Å². The maximum absolute atomic E-state index is 5.92. The number of unbranched alkanes of at least 4 members (excludes halogenated alkanes) is 13. The van der Waals surface area contributed by atoms with E-state index in [1.165, 1.54) is 95.6 Å². The van der Waals surface area contributed by atoms with Gasteiger partial charge in [0.05, 0.1) is 34.4 Å². The van der Waals surface area contributed by atoms with Crippen molar-refractivity contribution < 1.29 is 22.8 Å². The fourth-order valence-electron chi connectivity index (χ4n) is 3.73. The van der Waals surface area contributed by atoms with E-state index in [9.17, 15) is 0 Å². The Kier molecular flexibility index (Phi) is 25.7. The quantitative estimate of drug-likeness (QED) is 0.0617. The standard InChI is InChI=1S/C27H59NO4PS/c1-7-8-9-10-11-12-13-14-15-16-17-18-19-20-23-34-26-27(24-29-5)25-32-33(30-6)31-22-21-28(2,3)4/h27H,7-26H2,1-6H3/q+1. The summed E-state index contributed by atoms with van der Waals surface area (Å²) in [6.45, 7) is 5.22. The molecule has 0 heterocycles. The summed E-state index contributed by atoms with van der Waals surface area (Å²) >= 11 is 2.03. The monoisotopic (exact) mass is 524 g/mol. The number of likely N-dealkylation sites (N-methyl/N-ethyl adjacent to an activating group) is 1. The Morgan fingerprint density at radius 1 is 0.706 bits per heavy atom. The zero-order valence-corrected chi connectivity index (χ0v) is 25.4. The maximum atomic E-state index is 5.92. The molecule has 0 saturated heterocycles. The van der Waals surface area contributed by atoms with Gasteiger partial charge in [-0.2, -0.15) is 11.8 Å². The molecular formula is C27H59NO4PS+. The third kappa shape index (κ3) is 25.7. The number of methoxy groups -OCH3 is 1. The Labute approximate surface area is 219 Å². The second kappa shape index (κ2) is 25.2. The lowest BCUT2D eigenvalue weighted by molar-refractivity contribution is -0.870. The van der Waals surface area contributed by atoms with E-state index in [2.05, 4.69) is 28.1 Å². The van der Waals surface area contributed by atoms with Gasteiger partial charge in [-0.05, 0) is 12.2 Å². The van der Waals surface area contributed by atoms with E-state index in [1.807, 2.05) is 11.8 Å². The molecule has 0 spiro atoms. The highest BCUT2D eigenvalue weighted by Gasteiger charge is 2.17. The first-order valence-corrected chi connectivity index (χ1v) is 16.1. The summed E-state index contributed by atoms with van der Waals surface area (Å²) < 4.78 is 23.4. The third-order valence-electron chi connectivity index (χ3n) is 5.92. The van der Waals surface area contributed by atoms with Gasteiger partial charge >= 0.3 is 8.60 Å². The zero-order valence-electron chi connectivity index (χ0n) is 23.7. The molecule has 0 N–H and O–H groups in total. The summed E-state index contributed by atoms with van der Waals surface area (Å²) in [5.41, 5.74) is 0. The summed E-state index contributed by atoms with van der Waals surface area (Å²) in [5, 5.41) is 0. The molecule has 0 fully saturated rings. The van der Waals surface area contributed by atoms with Gasteiger partial charge in [-0.1, -0.05) is 90.4 Å².